The normalized spacial score (nSPS) is 11.4. The number of benzene rings is 1. The molecule has 3 N–H and O–H groups in total. The van der Waals surface area contributed by atoms with Crippen LogP contribution in [0.2, 0.25) is 0 Å². The summed E-state index contributed by atoms with van der Waals surface area (Å²) in [5.41, 5.74) is -1.29. The molecule has 1 aromatic carbocycles. The molecule has 0 bridgehead atoms. The minimum Gasteiger partial charge on any atom is -0.352 e. The summed E-state index contributed by atoms with van der Waals surface area (Å²) >= 11 is 0. The van der Waals surface area contributed by atoms with Crippen LogP contribution in [0.5, 0.6) is 0 Å². The van der Waals surface area contributed by atoms with E-state index in [0.29, 0.717) is 6.54 Å². The highest BCUT2D eigenvalue weighted by Crippen LogP contribution is 2.34. The molecule has 0 aliphatic heterocycles. The van der Waals surface area contributed by atoms with Crippen LogP contribution in [0.15, 0.2) is 24.3 Å². The summed E-state index contributed by atoms with van der Waals surface area (Å²) in [6.45, 7) is 4.96. The van der Waals surface area contributed by atoms with E-state index in [1.165, 1.54) is 17.0 Å². The summed E-state index contributed by atoms with van der Waals surface area (Å²) < 4.78 is 38.9. The Morgan fingerprint density at radius 1 is 1.04 bits per heavy atom. The van der Waals surface area contributed by atoms with Crippen molar-refractivity contribution in [3.63, 3.8) is 0 Å². The molecule has 0 spiro atoms. The molecule has 1 aromatic rings. The number of alkyl halides is 3. The van der Waals surface area contributed by atoms with Gasteiger partial charge in [0.25, 0.3) is 0 Å². The lowest BCUT2D eigenvalue weighted by atomic mass is 10.1. The SMILES string of the molecule is CCN(CC(=O)NCC(=O)NC(C)C)CC(=O)Nc1ccccc1C(F)(F)F. The number of para-hydroxylation sites is 1. The van der Waals surface area contributed by atoms with Gasteiger partial charge in [-0.15, -0.1) is 0 Å². The Balaban J connectivity index is 2.58. The molecule has 0 unspecified atom stereocenters. The molecule has 10 heteroatoms. The zero-order valence-corrected chi connectivity index (χ0v) is 16.0. The van der Waals surface area contributed by atoms with Crippen LogP contribution in [-0.4, -0.2) is 54.8 Å². The van der Waals surface area contributed by atoms with Gasteiger partial charge in [0, 0.05) is 6.04 Å². The van der Waals surface area contributed by atoms with Gasteiger partial charge in [-0.3, -0.25) is 19.3 Å². The maximum absolute atomic E-state index is 13.0. The Morgan fingerprint density at radius 2 is 1.64 bits per heavy atom. The van der Waals surface area contributed by atoms with Crippen molar-refractivity contribution in [2.45, 2.75) is 33.0 Å². The molecule has 7 nitrogen and oxygen atoms in total. The molecule has 0 fully saturated rings. The third kappa shape index (κ3) is 8.38. The van der Waals surface area contributed by atoms with Gasteiger partial charge in [-0.05, 0) is 32.5 Å². The standard InChI is InChI=1S/C18H25F3N4O3/c1-4-25(10-16(27)22-9-15(26)23-12(2)3)11-17(28)24-14-8-6-5-7-13(14)18(19,20)21/h5-8,12H,4,9-11H2,1-3H3,(H,22,27)(H,23,26)(H,24,28). The number of carbonyl (C=O) groups is 3. The highest BCUT2D eigenvalue weighted by Gasteiger charge is 2.33. The molecular weight excluding hydrogens is 377 g/mol. The van der Waals surface area contributed by atoms with Crippen molar-refractivity contribution in [3.8, 4) is 0 Å². The summed E-state index contributed by atoms with van der Waals surface area (Å²) in [6.07, 6.45) is -4.59. The molecule has 0 atom stereocenters. The quantitative estimate of drug-likeness (QED) is 0.585. The first-order valence-corrected chi connectivity index (χ1v) is 8.77. The number of likely N-dealkylation sites (N-methyl/N-ethyl adjacent to an activating group) is 1. The van der Waals surface area contributed by atoms with Gasteiger partial charge in [0.05, 0.1) is 30.9 Å². The first kappa shape index (κ1) is 23.4. The van der Waals surface area contributed by atoms with E-state index in [0.717, 1.165) is 12.1 Å². The fourth-order valence-electron chi connectivity index (χ4n) is 2.32. The average Bonchev–Trinajstić information content (AvgIpc) is 2.58. The van der Waals surface area contributed by atoms with E-state index in [1.54, 1.807) is 20.8 Å². The number of anilines is 1. The van der Waals surface area contributed by atoms with Gasteiger partial charge in [-0.25, -0.2) is 0 Å². The third-order valence-corrected chi connectivity index (χ3v) is 3.58. The van der Waals surface area contributed by atoms with E-state index >= 15 is 0 Å². The largest absolute Gasteiger partial charge is 0.418 e. The van der Waals surface area contributed by atoms with Crippen LogP contribution in [0.1, 0.15) is 26.3 Å². The maximum atomic E-state index is 13.0. The molecule has 0 aliphatic rings. The minimum absolute atomic E-state index is 0.0557. The Morgan fingerprint density at radius 3 is 2.21 bits per heavy atom. The molecule has 3 amide bonds. The molecule has 1 rings (SSSR count). The Bertz CT molecular complexity index is 693. The lowest BCUT2D eigenvalue weighted by Gasteiger charge is -2.20. The lowest BCUT2D eigenvalue weighted by molar-refractivity contribution is -0.137. The second kappa shape index (κ2) is 10.6. The number of amides is 3. The Hall–Kier alpha value is -2.62. The van der Waals surface area contributed by atoms with E-state index in [-0.39, 0.29) is 37.3 Å². The van der Waals surface area contributed by atoms with Gasteiger partial charge < -0.3 is 16.0 Å². The number of hydrogen-bond donors (Lipinski definition) is 3. The number of carbonyl (C=O) groups excluding carboxylic acids is 3. The van der Waals surface area contributed by atoms with Gasteiger partial charge in [0.2, 0.25) is 17.7 Å². The van der Waals surface area contributed by atoms with Gasteiger partial charge >= 0.3 is 6.18 Å². The molecular formula is C18H25F3N4O3. The number of hydrogen-bond acceptors (Lipinski definition) is 4. The zero-order valence-electron chi connectivity index (χ0n) is 16.0. The van der Waals surface area contributed by atoms with Crippen molar-refractivity contribution in [1.29, 1.82) is 0 Å². The highest BCUT2D eigenvalue weighted by atomic mass is 19.4. The molecule has 0 aliphatic carbocycles. The number of nitrogens with one attached hydrogen (secondary N) is 3. The number of halogens is 3. The molecule has 0 saturated heterocycles. The maximum Gasteiger partial charge on any atom is 0.418 e. The molecule has 0 radical (unpaired) electrons. The van der Waals surface area contributed by atoms with Crippen molar-refractivity contribution in [3.05, 3.63) is 29.8 Å². The van der Waals surface area contributed by atoms with Crippen LogP contribution in [0.4, 0.5) is 18.9 Å². The average molecular weight is 402 g/mol. The molecule has 0 heterocycles. The van der Waals surface area contributed by atoms with Crippen molar-refractivity contribution >= 4 is 23.4 Å². The summed E-state index contributed by atoms with van der Waals surface area (Å²) in [5, 5.41) is 7.28. The van der Waals surface area contributed by atoms with E-state index in [1.807, 2.05) is 0 Å². The van der Waals surface area contributed by atoms with Gasteiger partial charge in [-0.2, -0.15) is 13.2 Å². The van der Waals surface area contributed by atoms with Crippen LogP contribution >= 0.6 is 0 Å². The number of rotatable bonds is 9. The number of nitrogens with zero attached hydrogens (tertiary/aromatic N) is 1. The Kier molecular flexibility index (Phi) is 8.90. The van der Waals surface area contributed by atoms with Gasteiger partial charge in [-0.1, -0.05) is 19.1 Å². The fraction of sp³-hybridized carbons (Fsp3) is 0.500. The zero-order chi connectivity index (χ0) is 21.3. The van der Waals surface area contributed by atoms with Gasteiger partial charge in [0.15, 0.2) is 0 Å². The molecule has 28 heavy (non-hydrogen) atoms. The van der Waals surface area contributed by atoms with E-state index < -0.39 is 23.6 Å². The van der Waals surface area contributed by atoms with Crippen molar-refractivity contribution in [2.75, 3.05) is 31.5 Å². The second-order valence-electron chi connectivity index (χ2n) is 6.39. The van der Waals surface area contributed by atoms with Crippen LogP contribution in [0.25, 0.3) is 0 Å². The molecule has 0 saturated carbocycles. The summed E-state index contributed by atoms with van der Waals surface area (Å²) in [4.78, 5) is 37.0. The first-order valence-electron chi connectivity index (χ1n) is 8.77. The van der Waals surface area contributed by atoms with E-state index in [2.05, 4.69) is 16.0 Å². The summed E-state index contributed by atoms with van der Waals surface area (Å²) in [5.74, 6) is -1.49. The minimum atomic E-state index is -4.59. The fourth-order valence-corrected chi connectivity index (χ4v) is 2.32. The van der Waals surface area contributed by atoms with Crippen LogP contribution in [0, 0.1) is 0 Å². The topological polar surface area (TPSA) is 90.5 Å². The highest BCUT2D eigenvalue weighted by molar-refractivity contribution is 5.93. The summed E-state index contributed by atoms with van der Waals surface area (Å²) in [6, 6.07) is 4.61. The smallest absolute Gasteiger partial charge is 0.352 e. The predicted octanol–water partition coefficient (Wildman–Crippen LogP) is 1.61. The van der Waals surface area contributed by atoms with Crippen molar-refractivity contribution in [2.24, 2.45) is 0 Å². The van der Waals surface area contributed by atoms with Crippen LogP contribution < -0.4 is 16.0 Å². The predicted molar refractivity (Wildman–Crippen MR) is 98.5 cm³/mol. The van der Waals surface area contributed by atoms with Crippen molar-refractivity contribution < 1.29 is 27.6 Å². The molecule has 156 valence electrons. The third-order valence-electron chi connectivity index (χ3n) is 3.58. The second-order valence-corrected chi connectivity index (χ2v) is 6.39. The van der Waals surface area contributed by atoms with Gasteiger partial charge in [0.1, 0.15) is 0 Å². The Labute approximate surface area is 161 Å². The molecule has 0 aromatic heterocycles. The first-order chi connectivity index (χ1) is 13.0. The van der Waals surface area contributed by atoms with Crippen LogP contribution in [0.3, 0.4) is 0 Å². The van der Waals surface area contributed by atoms with E-state index in [9.17, 15) is 27.6 Å². The summed E-state index contributed by atoms with van der Waals surface area (Å²) in [7, 11) is 0. The van der Waals surface area contributed by atoms with Crippen molar-refractivity contribution in [1.82, 2.24) is 15.5 Å². The van der Waals surface area contributed by atoms with Crippen LogP contribution in [-0.2, 0) is 20.6 Å². The monoisotopic (exact) mass is 402 g/mol. The van der Waals surface area contributed by atoms with E-state index in [4.69, 9.17) is 0 Å². The lowest BCUT2D eigenvalue weighted by Crippen LogP contribution is -2.45.